The predicted molar refractivity (Wildman–Crippen MR) is 81.0 cm³/mol. The summed E-state index contributed by atoms with van der Waals surface area (Å²) in [6.45, 7) is 3.38. The Labute approximate surface area is 128 Å². The van der Waals surface area contributed by atoms with Crippen LogP contribution < -0.4 is 10.1 Å². The molecule has 1 N–H and O–H groups in total. The van der Waals surface area contributed by atoms with E-state index in [0.717, 1.165) is 5.56 Å². The summed E-state index contributed by atoms with van der Waals surface area (Å²) in [5.41, 5.74) is 1.69. The maximum atomic E-state index is 13.2. The largest absolute Gasteiger partial charge is 0.481 e. The summed E-state index contributed by atoms with van der Waals surface area (Å²) in [7, 11) is 0. The Balaban J connectivity index is 2.02. The summed E-state index contributed by atoms with van der Waals surface area (Å²) in [4.78, 5) is 12.1. The third kappa shape index (κ3) is 3.83. The molecule has 0 saturated heterocycles. The normalized spacial score (nSPS) is 11.4. The SMILES string of the molecule is Cc1ccc(F)cc1NC(=O)[C@H](C)Oc1ccc(C#N)cc1. The van der Waals surface area contributed by atoms with Crippen LogP contribution in [0.25, 0.3) is 0 Å². The molecule has 0 bridgehead atoms. The van der Waals surface area contributed by atoms with E-state index in [0.29, 0.717) is 17.0 Å². The highest BCUT2D eigenvalue weighted by atomic mass is 19.1. The van der Waals surface area contributed by atoms with Crippen molar-refractivity contribution in [3.8, 4) is 11.8 Å². The van der Waals surface area contributed by atoms with E-state index in [1.807, 2.05) is 6.07 Å². The van der Waals surface area contributed by atoms with Crippen LogP contribution in [0.4, 0.5) is 10.1 Å². The predicted octanol–water partition coefficient (Wildman–Crippen LogP) is 3.41. The molecule has 0 aliphatic heterocycles. The van der Waals surface area contributed by atoms with Crippen molar-refractivity contribution >= 4 is 11.6 Å². The van der Waals surface area contributed by atoms with Gasteiger partial charge in [-0.25, -0.2) is 4.39 Å². The number of benzene rings is 2. The Morgan fingerprint density at radius 2 is 1.95 bits per heavy atom. The van der Waals surface area contributed by atoms with E-state index in [2.05, 4.69) is 5.32 Å². The summed E-state index contributed by atoms with van der Waals surface area (Å²) in [6, 6.07) is 12.7. The molecule has 0 radical (unpaired) electrons. The van der Waals surface area contributed by atoms with Crippen molar-refractivity contribution in [3.05, 3.63) is 59.4 Å². The van der Waals surface area contributed by atoms with Crippen molar-refractivity contribution < 1.29 is 13.9 Å². The van der Waals surface area contributed by atoms with E-state index in [1.54, 1.807) is 44.2 Å². The lowest BCUT2D eigenvalue weighted by Crippen LogP contribution is -2.30. The molecule has 0 aromatic heterocycles. The fraction of sp³-hybridized carbons (Fsp3) is 0.176. The summed E-state index contributed by atoms with van der Waals surface area (Å²) in [5.74, 6) is -0.308. The van der Waals surface area contributed by atoms with Gasteiger partial charge in [-0.2, -0.15) is 5.26 Å². The highest BCUT2D eigenvalue weighted by molar-refractivity contribution is 5.94. The number of hydrogen-bond donors (Lipinski definition) is 1. The topological polar surface area (TPSA) is 62.1 Å². The van der Waals surface area contributed by atoms with Crippen molar-refractivity contribution in [1.29, 1.82) is 5.26 Å². The molecule has 1 amide bonds. The Hall–Kier alpha value is -2.87. The summed E-state index contributed by atoms with van der Waals surface area (Å²) in [5, 5.41) is 11.4. The van der Waals surface area contributed by atoms with Gasteiger partial charge in [-0.1, -0.05) is 6.07 Å². The highest BCUT2D eigenvalue weighted by Gasteiger charge is 2.16. The Morgan fingerprint density at radius 1 is 1.27 bits per heavy atom. The zero-order valence-corrected chi connectivity index (χ0v) is 12.3. The molecule has 4 nitrogen and oxygen atoms in total. The number of carbonyl (C=O) groups excluding carboxylic acids is 1. The van der Waals surface area contributed by atoms with Gasteiger partial charge in [-0.05, 0) is 55.8 Å². The molecule has 0 spiro atoms. The van der Waals surface area contributed by atoms with Crippen LogP contribution in [0.1, 0.15) is 18.1 Å². The number of carbonyl (C=O) groups is 1. The number of nitrogens with zero attached hydrogens (tertiary/aromatic N) is 1. The number of ether oxygens (including phenoxy) is 1. The van der Waals surface area contributed by atoms with Crippen molar-refractivity contribution in [2.45, 2.75) is 20.0 Å². The van der Waals surface area contributed by atoms with Crippen molar-refractivity contribution in [2.75, 3.05) is 5.32 Å². The second-order valence-corrected chi connectivity index (χ2v) is 4.84. The molecular weight excluding hydrogens is 283 g/mol. The number of hydrogen-bond acceptors (Lipinski definition) is 3. The molecule has 0 aliphatic rings. The van der Waals surface area contributed by atoms with Crippen LogP contribution in [-0.2, 0) is 4.79 Å². The van der Waals surface area contributed by atoms with Crippen molar-refractivity contribution in [3.63, 3.8) is 0 Å². The van der Waals surface area contributed by atoms with Crippen LogP contribution in [-0.4, -0.2) is 12.0 Å². The number of aryl methyl sites for hydroxylation is 1. The Bertz CT molecular complexity index is 720. The number of rotatable bonds is 4. The molecule has 2 aromatic carbocycles. The van der Waals surface area contributed by atoms with E-state index in [-0.39, 0.29) is 5.91 Å². The van der Waals surface area contributed by atoms with Gasteiger partial charge in [-0.3, -0.25) is 4.79 Å². The number of amides is 1. The zero-order valence-electron chi connectivity index (χ0n) is 12.3. The summed E-state index contributed by atoms with van der Waals surface area (Å²) >= 11 is 0. The van der Waals surface area contributed by atoms with Gasteiger partial charge in [0.05, 0.1) is 11.6 Å². The molecule has 0 saturated carbocycles. The first-order valence-corrected chi connectivity index (χ1v) is 6.73. The molecule has 0 fully saturated rings. The van der Waals surface area contributed by atoms with Crippen LogP contribution in [0.2, 0.25) is 0 Å². The second kappa shape index (κ2) is 6.72. The monoisotopic (exact) mass is 298 g/mol. The minimum absolute atomic E-state index is 0.377. The lowest BCUT2D eigenvalue weighted by atomic mass is 10.2. The standard InChI is InChI=1S/C17H15FN2O2/c1-11-3-6-14(18)9-16(11)20-17(21)12(2)22-15-7-4-13(10-19)5-8-15/h3-9,12H,1-2H3,(H,20,21)/t12-/m0/s1. The molecule has 5 heteroatoms. The summed E-state index contributed by atoms with van der Waals surface area (Å²) in [6.07, 6.45) is -0.754. The molecule has 112 valence electrons. The zero-order chi connectivity index (χ0) is 16.1. The van der Waals surface area contributed by atoms with E-state index in [4.69, 9.17) is 10.00 Å². The van der Waals surface area contributed by atoms with Gasteiger partial charge in [0.2, 0.25) is 0 Å². The Kier molecular flexibility index (Phi) is 4.74. The maximum Gasteiger partial charge on any atom is 0.265 e. The van der Waals surface area contributed by atoms with Crippen molar-refractivity contribution in [1.82, 2.24) is 0 Å². The van der Waals surface area contributed by atoms with Gasteiger partial charge in [0.15, 0.2) is 6.10 Å². The van der Waals surface area contributed by atoms with E-state index in [1.165, 1.54) is 12.1 Å². The van der Waals surface area contributed by atoms with Gasteiger partial charge in [0.1, 0.15) is 11.6 Å². The van der Waals surface area contributed by atoms with Crippen LogP contribution in [0, 0.1) is 24.1 Å². The summed E-state index contributed by atoms with van der Waals surface area (Å²) < 4.78 is 18.7. The smallest absolute Gasteiger partial charge is 0.265 e. The molecule has 22 heavy (non-hydrogen) atoms. The number of nitriles is 1. The molecule has 0 unspecified atom stereocenters. The van der Waals surface area contributed by atoms with Gasteiger partial charge in [0, 0.05) is 5.69 Å². The number of halogens is 1. The van der Waals surface area contributed by atoms with E-state index < -0.39 is 11.9 Å². The number of anilines is 1. The van der Waals surface area contributed by atoms with Crippen LogP contribution in [0.15, 0.2) is 42.5 Å². The van der Waals surface area contributed by atoms with Gasteiger partial charge in [0.25, 0.3) is 5.91 Å². The lowest BCUT2D eigenvalue weighted by molar-refractivity contribution is -0.122. The first-order chi connectivity index (χ1) is 10.5. The van der Waals surface area contributed by atoms with Gasteiger partial charge in [-0.15, -0.1) is 0 Å². The molecule has 1 atom stereocenters. The van der Waals surface area contributed by atoms with Crippen LogP contribution in [0.5, 0.6) is 5.75 Å². The molecule has 0 heterocycles. The minimum atomic E-state index is -0.754. The first-order valence-electron chi connectivity index (χ1n) is 6.73. The Morgan fingerprint density at radius 3 is 2.59 bits per heavy atom. The average molecular weight is 298 g/mol. The first kappa shape index (κ1) is 15.5. The minimum Gasteiger partial charge on any atom is -0.481 e. The molecule has 2 aromatic rings. The quantitative estimate of drug-likeness (QED) is 0.940. The van der Waals surface area contributed by atoms with E-state index >= 15 is 0 Å². The average Bonchev–Trinajstić information content (AvgIpc) is 2.51. The van der Waals surface area contributed by atoms with Crippen LogP contribution in [0.3, 0.4) is 0 Å². The second-order valence-electron chi connectivity index (χ2n) is 4.84. The molecule has 0 aliphatic carbocycles. The van der Waals surface area contributed by atoms with Gasteiger partial charge >= 0.3 is 0 Å². The van der Waals surface area contributed by atoms with Gasteiger partial charge < -0.3 is 10.1 Å². The fourth-order valence-electron chi connectivity index (χ4n) is 1.83. The molecular formula is C17H15FN2O2. The van der Waals surface area contributed by atoms with Crippen molar-refractivity contribution in [2.24, 2.45) is 0 Å². The maximum absolute atomic E-state index is 13.2. The third-order valence-corrected chi connectivity index (χ3v) is 3.12. The fourth-order valence-corrected chi connectivity index (χ4v) is 1.83. The lowest BCUT2D eigenvalue weighted by Gasteiger charge is -2.15. The van der Waals surface area contributed by atoms with E-state index in [9.17, 15) is 9.18 Å². The number of nitrogens with one attached hydrogen (secondary N) is 1. The third-order valence-electron chi connectivity index (χ3n) is 3.12. The van der Waals surface area contributed by atoms with Crippen LogP contribution >= 0.6 is 0 Å². The molecule has 2 rings (SSSR count). The highest BCUT2D eigenvalue weighted by Crippen LogP contribution is 2.18.